The number of hydrogen-bond donors (Lipinski definition) is 2. The van der Waals surface area contributed by atoms with Gasteiger partial charge in [0.25, 0.3) is 0 Å². The molecule has 1 atom stereocenters. The molecule has 0 saturated heterocycles. The summed E-state index contributed by atoms with van der Waals surface area (Å²) in [5.74, 6) is 6.01. The number of nitrogen functional groups attached to an aromatic ring is 1. The van der Waals surface area contributed by atoms with E-state index in [4.69, 9.17) is 5.84 Å². The average Bonchev–Trinajstić information content (AvgIpc) is 2.38. The topological polar surface area (TPSA) is 101 Å². The maximum atomic E-state index is 12.2. The van der Waals surface area contributed by atoms with Gasteiger partial charge in [0.15, 0.2) is 0 Å². The molecule has 0 amide bonds. The van der Waals surface area contributed by atoms with Crippen LogP contribution in [-0.4, -0.2) is 47.8 Å². The van der Waals surface area contributed by atoms with Crippen molar-refractivity contribution >= 4 is 27.7 Å². The number of aromatic nitrogens is 2. The predicted molar refractivity (Wildman–Crippen MR) is 72.6 cm³/mol. The fourth-order valence-corrected chi connectivity index (χ4v) is 3.33. The molecule has 0 aliphatic rings. The van der Waals surface area contributed by atoms with Crippen molar-refractivity contribution in [1.82, 2.24) is 14.3 Å². The van der Waals surface area contributed by atoms with Crippen LogP contribution < -0.4 is 11.3 Å². The second kappa shape index (κ2) is 6.32. The quantitative estimate of drug-likeness (QED) is 0.567. The van der Waals surface area contributed by atoms with Crippen LogP contribution in [0.1, 0.15) is 6.92 Å². The van der Waals surface area contributed by atoms with E-state index in [0.717, 1.165) is 5.75 Å². The third kappa shape index (κ3) is 3.31. The third-order valence-corrected chi connectivity index (χ3v) is 5.20. The molecule has 0 radical (unpaired) electrons. The van der Waals surface area contributed by atoms with Crippen molar-refractivity contribution < 1.29 is 8.42 Å². The van der Waals surface area contributed by atoms with Gasteiger partial charge in [-0.1, -0.05) is 0 Å². The molecule has 18 heavy (non-hydrogen) atoms. The largest absolute Gasteiger partial charge is 0.292 e. The molecule has 1 aromatic rings. The number of sulfonamides is 1. The van der Waals surface area contributed by atoms with E-state index in [0.29, 0.717) is 0 Å². The van der Waals surface area contributed by atoms with Crippen molar-refractivity contribution in [2.75, 3.05) is 24.5 Å². The molecule has 0 aromatic carbocycles. The second-order valence-corrected chi connectivity index (χ2v) is 6.62. The molecule has 9 heteroatoms. The lowest BCUT2D eigenvalue weighted by molar-refractivity contribution is 0.414. The molecule has 0 bridgehead atoms. The molecule has 1 heterocycles. The number of nitrogens with one attached hydrogen (secondary N) is 1. The van der Waals surface area contributed by atoms with Crippen molar-refractivity contribution in [2.45, 2.75) is 17.9 Å². The summed E-state index contributed by atoms with van der Waals surface area (Å²) >= 11 is 1.59. The van der Waals surface area contributed by atoms with Crippen LogP contribution in [0.15, 0.2) is 17.3 Å². The molecule has 0 aliphatic carbocycles. The van der Waals surface area contributed by atoms with Crippen molar-refractivity contribution in [3.63, 3.8) is 0 Å². The molecular formula is C9H17N5O2S2. The first-order chi connectivity index (χ1) is 8.43. The minimum absolute atomic E-state index is 0.0527. The Morgan fingerprint density at radius 1 is 1.50 bits per heavy atom. The summed E-state index contributed by atoms with van der Waals surface area (Å²) in [6.45, 7) is 1.85. The second-order valence-electron chi connectivity index (χ2n) is 3.71. The Labute approximate surface area is 111 Å². The van der Waals surface area contributed by atoms with Gasteiger partial charge >= 0.3 is 0 Å². The van der Waals surface area contributed by atoms with Crippen molar-refractivity contribution in [3.8, 4) is 0 Å². The van der Waals surface area contributed by atoms with Gasteiger partial charge in [-0.15, -0.1) is 0 Å². The van der Waals surface area contributed by atoms with E-state index >= 15 is 0 Å². The first-order valence-electron chi connectivity index (χ1n) is 5.19. The van der Waals surface area contributed by atoms with Gasteiger partial charge in [-0.25, -0.2) is 24.2 Å². The fourth-order valence-electron chi connectivity index (χ4n) is 1.27. The lowest BCUT2D eigenvalue weighted by atomic mass is 10.4. The van der Waals surface area contributed by atoms with Gasteiger partial charge in [0, 0.05) is 18.8 Å². The maximum Gasteiger partial charge on any atom is 0.246 e. The molecule has 1 unspecified atom stereocenters. The van der Waals surface area contributed by atoms with Crippen LogP contribution >= 0.6 is 11.8 Å². The van der Waals surface area contributed by atoms with Gasteiger partial charge in [0.05, 0.1) is 12.4 Å². The van der Waals surface area contributed by atoms with Gasteiger partial charge in [-0.3, -0.25) is 5.43 Å². The summed E-state index contributed by atoms with van der Waals surface area (Å²) in [6.07, 6.45) is 4.40. The molecule has 1 aromatic heterocycles. The van der Waals surface area contributed by atoms with Crippen LogP contribution in [-0.2, 0) is 10.0 Å². The molecule has 0 fully saturated rings. The van der Waals surface area contributed by atoms with E-state index in [-0.39, 0.29) is 16.9 Å². The normalized spacial score (nSPS) is 13.6. The van der Waals surface area contributed by atoms with Gasteiger partial charge in [0.2, 0.25) is 16.0 Å². The molecule has 0 aliphatic heterocycles. The van der Waals surface area contributed by atoms with Crippen molar-refractivity contribution in [3.05, 3.63) is 12.4 Å². The minimum atomic E-state index is -3.56. The van der Waals surface area contributed by atoms with Gasteiger partial charge < -0.3 is 0 Å². The zero-order valence-corrected chi connectivity index (χ0v) is 12.1. The van der Waals surface area contributed by atoms with E-state index in [9.17, 15) is 8.42 Å². The van der Waals surface area contributed by atoms with Crippen LogP contribution in [0.4, 0.5) is 5.95 Å². The predicted octanol–water partition coefficient (Wildman–Crippen LogP) is 0.134. The molecule has 102 valence electrons. The van der Waals surface area contributed by atoms with E-state index < -0.39 is 10.0 Å². The molecule has 7 nitrogen and oxygen atoms in total. The van der Waals surface area contributed by atoms with E-state index in [1.54, 1.807) is 18.8 Å². The lowest BCUT2D eigenvalue weighted by Gasteiger charge is -2.23. The summed E-state index contributed by atoms with van der Waals surface area (Å²) in [5.41, 5.74) is 2.24. The lowest BCUT2D eigenvalue weighted by Crippen LogP contribution is -2.36. The molecular weight excluding hydrogens is 274 g/mol. The fraction of sp³-hybridized carbons (Fsp3) is 0.556. The highest BCUT2D eigenvalue weighted by Gasteiger charge is 2.25. The number of nitrogens with two attached hydrogens (primary N) is 1. The Hall–Kier alpha value is -0.900. The highest BCUT2D eigenvalue weighted by Crippen LogP contribution is 2.16. The van der Waals surface area contributed by atoms with Crippen LogP contribution in [0.25, 0.3) is 0 Å². The Morgan fingerprint density at radius 3 is 2.50 bits per heavy atom. The first-order valence-corrected chi connectivity index (χ1v) is 8.02. The first kappa shape index (κ1) is 15.2. The summed E-state index contributed by atoms with van der Waals surface area (Å²) in [4.78, 5) is 7.64. The number of rotatable bonds is 6. The Kier molecular flexibility index (Phi) is 5.32. The summed E-state index contributed by atoms with van der Waals surface area (Å²) in [5, 5.41) is 0. The van der Waals surface area contributed by atoms with Crippen LogP contribution in [0, 0.1) is 0 Å². The third-order valence-electron chi connectivity index (χ3n) is 2.46. The molecule has 0 saturated carbocycles. The van der Waals surface area contributed by atoms with E-state index in [1.165, 1.54) is 16.7 Å². The highest BCUT2D eigenvalue weighted by atomic mass is 32.2. The van der Waals surface area contributed by atoms with Gasteiger partial charge in [-0.05, 0) is 13.2 Å². The van der Waals surface area contributed by atoms with Crippen LogP contribution in [0.2, 0.25) is 0 Å². The van der Waals surface area contributed by atoms with Gasteiger partial charge in [0.1, 0.15) is 4.90 Å². The summed E-state index contributed by atoms with van der Waals surface area (Å²) in [6, 6.07) is -0.0997. The van der Waals surface area contributed by atoms with Crippen molar-refractivity contribution in [1.29, 1.82) is 0 Å². The standard InChI is InChI=1S/C9H17N5O2S2/c1-7(6-17-3)14(2)18(15,16)8-4-11-9(13-10)12-5-8/h4-5,7H,6,10H2,1-3H3,(H,11,12,13). The maximum absolute atomic E-state index is 12.2. The monoisotopic (exact) mass is 291 g/mol. The Morgan fingerprint density at radius 2 is 2.06 bits per heavy atom. The smallest absolute Gasteiger partial charge is 0.246 e. The molecule has 1 rings (SSSR count). The number of hydrazine groups is 1. The van der Waals surface area contributed by atoms with E-state index in [1.807, 2.05) is 13.2 Å². The Bertz CT molecular complexity index is 476. The van der Waals surface area contributed by atoms with E-state index in [2.05, 4.69) is 15.4 Å². The number of nitrogens with zero attached hydrogens (tertiary/aromatic N) is 3. The SMILES string of the molecule is CSCC(C)N(C)S(=O)(=O)c1cnc(NN)nc1. The number of thioether (sulfide) groups is 1. The summed E-state index contributed by atoms with van der Waals surface area (Å²) in [7, 11) is -2.01. The van der Waals surface area contributed by atoms with Crippen molar-refractivity contribution in [2.24, 2.45) is 5.84 Å². The van der Waals surface area contributed by atoms with Gasteiger partial charge in [-0.2, -0.15) is 16.1 Å². The zero-order chi connectivity index (χ0) is 13.8. The minimum Gasteiger partial charge on any atom is -0.292 e. The summed E-state index contributed by atoms with van der Waals surface area (Å²) < 4.78 is 25.8. The Balaban J connectivity index is 2.97. The number of hydrogen-bond acceptors (Lipinski definition) is 7. The number of anilines is 1. The highest BCUT2D eigenvalue weighted by molar-refractivity contribution is 7.98. The van der Waals surface area contributed by atoms with Crippen LogP contribution in [0.3, 0.4) is 0 Å². The zero-order valence-electron chi connectivity index (χ0n) is 10.5. The average molecular weight is 291 g/mol. The van der Waals surface area contributed by atoms with Crippen LogP contribution in [0.5, 0.6) is 0 Å². The molecule has 0 spiro atoms. The molecule has 3 N–H and O–H groups in total.